The third-order valence-corrected chi connectivity index (χ3v) is 2.21. The summed E-state index contributed by atoms with van der Waals surface area (Å²) < 4.78 is 72.3. The quantitative estimate of drug-likeness (QED) is 0.232. The van der Waals surface area contributed by atoms with E-state index < -0.39 is 35.7 Å². The minimum atomic E-state index is -1.98. The largest absolute Gasteiger partial charge is 0.317 e. The smallest absolute Gasteiger partial charge is 0.0836 e. The zero-order valence-corrected chi connectivity index (χ0v) is 16.0. The number of hydrogen-bond donors (Lipinski definition) is 0. The van der Waals surface area contributed by atoms with Gasteiger partial charge in [0.05, 0.1) is 24.0 Å². The third kappa shape index (κ3) is 6.32. The normalized spacial score (nSPS) is 23.2. The molecule has 0 spiro atoms. The van der Waals surface area contributed by atoms with Crippen LogP contribution in [0.4, 0.5) is 26.3 Å². The SMILES string of the molecule is CC1=[C-]C(F)C(F)=C1F.CC1=[C-]C(F)C(F)=C1F.Cl.Cl.[Hf]. The van der Waals surface area contributed by atoms with E-state index in [0.29, 0.717) is 0 Å². The van der Waals surface area contributed by atoms with Gasteiger partial charge >= 0.3 is 0 Å². The molecule has 9 heteroatoms. The van der Waals surface area contributed by atoms with Gasteiger partial charge in [-0.05, 0) is 0 Å². The maximum Gasteiger partial charge on any atom is 0.0836 e. The molecular weight excluding hydrogens is 508 g/mol. The molecule has 0 nitrogen and oxygen atoms in total. The van der Waals surface area contributed by atoms with Crippen molar-refractivity contribution < 1.29 is 52.2 Å². The first-order chi connectivity index (χ1) is 8.25. The van der Waals surface area contributed by atoms with E-state index in [1.54, 1.807) is 0 Å². The summed E-state index contributed by atoms with van der Waals surface area (Å²) in [5, 5.41) is 0. The molecule has 2 aliphatic carbocycles. The number of halogens is 8. The second-order valence-electron chi connectivity index (χ2n) is 3.59. The van der Waals surface area contributed by atoms with Crippen molar-refractivity contribution in [2.75, 3.05) is 0 Å². The molecule has 0 aliphatic heterocycles. The number of alkyl halides is 2. The Kier molecular flexibility index (Phi) is 13.2. The van der Waals surface area contributed by atoms with Crippen LogP contribution in [0.5, 0.6) is 0 Å². The standard InChI is InChI=1S/2C6H4F3.2ClH.Hf/c2*1-3-2-4(7)6(9)5(3)8;;;/h2*4H,1H3;2*1H;/q2*-1;;;. The first-order valence-electron chi connectivity index (χ1n) is 4.85. The van der Waals surface area contributed by atoms with E-state index in [0.717, 1.165) is 0 Å². The molecule has 0 amide bonds. The van der Waals surface area contributed by atoms with Gasteiger partial charge in [-0.1, -0.05) is 13.8 Å². The third-order valence-electron chi connectivity index (χ3n) is 2.21. The summed E-state index contributed by atoms with van der Waals surface area (Å²) in [5.41, 5.74) is -0.167. The number of rotatable bonds is 0. The molecule has 0 saturated heterocycles. The van der Waals surface area contributed by atoms with Crippen molar-refractivity contribution in [3.63, 3.8) is 0 Å². The molecular formula is C12H10Cl2F6Hf-2. The minimum Gasteiger partial charge on any atom is -0.317 e. The maximum atomic E-state index is 12.1. The fourth-order valence-electron chi connectivity index (χ4n) is 1.21. The molecule has 2 rings (SSSR count). The van der Waals surface area contributed by atoms with Gasteiger partial charge in [0.15, 0.2) is 0 Å². The van der Waals surface area contributed by atoms with Gasteiger partial charge in [-0.3, -0.25) is 8.78 Å². The second-order valence-corrected chi connectivity index (χ2v) is 3.59. The fourth-order valence-corrected chi connectivity index (χ4v) is 1.21. The van der Waals surface area contributed by atoms with Gasteiger partial charge in [0, 0.05) is 37.5 Å². The fraction of sp³-hybridized carbons (Fsp3) is 0.333. The predicted octanol–water partition coefficient (Wildman–Crippen LogP) is 5.32. The summed E-state index contributed by atoms with van der Waals surface area (Å²) >= 11 is 0. The molecule has 0 bridgehead atoms. The molecule has 0 fully saturated rings. The second kappa shape index (κ2) is 10.7. The molecule has 0 saturated carbocycles. The van der Waals surface area contributed by atoms with E-state index >= 15 is 0 Å². The Morgan fingerprint density at radius 1 is 0.714 bits per heavy atom. The van der Waals surface area contributed by atoms with Crippen molar-refractivity contribution in [1.82, 2.24) is 0 Å². The average molecular weight is 518 g/mol. The summed E-state index contributed by atoms with van der Waals surface area (Å²) in [6.45, 7) is 2.54. The average Bonchev–Trinajstić information content (AvgIpc) is 2.66. The van der Waals surface area contributed by atoms with Gasteiger partial charge in [-0.15, -0.1) is 24.8 Å². The Labute approximate surface area is 149 Å². The summed E-state index contributed by atoms with van der Waals surface area (Å²) in [6.07, 6.45) is -0.0787. The first-order valence-corrected chi connectivity index (χ1v) is 4.85. The van der Waals surface area contributed by atoms with Crippen LogP contribution in [0.2, 0.25) is 0 Å². The Bertz CT molecular complexity index is 440. The van der Waals surface area contributed by atoms with Gasteiger partial charge in [0.2, 0.25) is 0 Å². The first kappa shape index (κ1) is 25.9. The van der Waals surface area contributed by atoms with Crippen LogP contribution in [-0.2, 0) is 25.8 Å². The van der Waals surface area contributed by atoms with Gasteiger partial charge in [-0.2, -0.15) is 11.1 Å². The van der Waals surface area contributed by atoms with Crippen molar-refractivity contribution in [2.45, 2.75) is 26.2 Å². The van der Waals surface area contributed by atoms with E-state index in [-0.39, 0.29) is 61.8 Å². The Morgan fingerprint density at radius 3 is 1.00 bits per heavy atom. The van der Waals surface area contributed by atoms with Crippen LogP contribution in [0.3, 0.4) is 0 Å². The van der Waals surface area contributed by atoms with Crippen LogP contribution < -0.4 is 0 Å². The van der Waals surface area contributed by atoms with Crippen LogP contribution in [0.1, 0.15) is 13.8 Å². The van der Waals surface area contributed by atoms with Gasteiger partial charge in [0.1, 0.15) is 0 Å². The zero-order chi connectivity index (χ0) is 14.0. The van der Waals surface area contributed by atoms with Crippen LogP contribution in [0.15, 0.2) is 34.5 Å². The number of allylic oxidation sites excluding steroid dienone is 8. The van der Waals surface area contributed by atoms with E-state index in [1.165, 1.54) is 13.8 Å². The van der Waals surface area contributed by atoms with Gasteiger partial charge in [-0.25, -0.2) is 20.9 Å². The zero-order valence-electron chi connectivity index (χ0n) is 10.7. The van der Waals surface area contributed by atoms with E-state index in [1.807, 2.05) is 12.2 Å². The summed E-state index contributed by atoms with van der Waals surface area (Å²) in [5.74, 6) is -4.93. The molecule has 0 N–H and O–H groups in total. The minimum absolute atomic E-state index is 0. The van der Waals surface area contributed by atoms with E-state index in [2.05, 4.69) is 0 Å². The van der Waals surface area contributed by atoms with Crippen molar-refractivity contribution in [3.05, 3.63) is 46.6 Å². The molecule has 0 heterocycles. The van der Waals surface area contributed by atoms with Gasteiger partial charge < -0.3 is 8.78 Å². The molecule has 2 atom stereocenters. The molecule has 2 unspecified atom stereocenters. The molecule has 21 heavy (non-hydrogen) atoms. The Balaban J connectivity index is -0.000000270. The van der Waals surface area contributed by atoms with Crippen molar-refractivity contribution in [3.8, 4) is 0 Å². The van der Waals surface area contributed by atoms with Crippen LogP contribution >= 0.6 is 24.8 Å². The molecule has 0 radical (unpaired) electrons. The maximum absolute atomic E-state index is 12.1. The summed E-state index contributed by atoms with van der Waals surface area (Å²) in [7, 11) is 0. The molecule has 0 aromatic heterocycles. The van der Waals surface area contributed by atoms with Crippen molar-refractivity contribution >= 4 is 24.8 Å². The number of hydrogen-bond acceptors (Lipinski definition) is 0. The summed E-state index contributed by atoms with van der Waals surface area (Å²) in [4.78, 5) is 0. The van der Waals surface area contributed by atoms with Crippen LogP contribution in [0, 0.1) is 12.2 Å². The topological polar surface area (TPSA) is 0 Å². The predicted molar refractivity (Wildman–Crippen MR) is 67.6 cm³/mol. The summed E-state index contributed by atoms with van der Waals surface area (Å²) in [6, 6.07) is 0. The van der Waals surface area contributed by atoms with Crippen molar-refractivity contribution in [1.29, 1.82) is 0 Å². The van der Waals surface area contributed by atoms with E-state index in [9.17, 15) is 26.3 Å². The molecule has 2 aliphatic rings. The Hall–Kier alpha value is -0.00987. The van der Waals surface area contributed by atoms with Crippen LogP contribution in [0.25, 0.3) is 0 Å². The monoisotopic (exact) mass is 518 g/mol. The van der Waals surface area contributed by atoms with Crippen LogP contribution in [-0.4, -0.2) is 12.3 Å². The van der Waals surface area contributed by atoms with E-state index in [4.69, 9.17) is 0 Å². The molecule has 120 valence electrons. The Morgan fingerprint density at radius 2 is 0.952 bits per heavy atom. The van der Waals surface area contributed by atoms with Gasteiger partial charge in [0.25, 0.3) is 0 Å². The van der Waals surface area contributed by atoms with Crippen molar-refractivity contribution in [2.24, 2.45) is 0 Å². The molecule has 0 aromatic rings. The molecule has 0 aromatic carbocycles.